The van der Waals surface area contributed by atoms with Crippen LogP contribution in [0.15, 0.2) is 18.2 Å². The zero-order valence-electron chi connectivity index (χ0n) is 18.5. The number of carbonyl (C=O) groups excluding carboxylic acids is 4. The number of aryl methyl sites for hydroxylation is 2. The van der Waals surface area contributed by atoms with Gasteiger partial charge in [-0.05, 0) is 55.2 Å². The van der Waals surface area contributed by atoms with Crippen molar-refractivity contribution in [1.82, 2.24) is 4.90 Å². The third-order valence-electron chi connectivity index (χ3n) is 7.35. The summed E-state index contributed by atoms with van der Waals surface area (Å²) in [7, 11) is 0. The van der Waals surface area contributed by atoms with Gasteiger partial charge in [0.25, 0.3) is 0 Å². The summed E-state index contributed by atoms with van der Waals surface area (Å²) < 4.78 is 5.34. The fraction of sp³-hybridized carbons (Fsp3) is 0.583. The van der Waals surface area contributed by atoms with Gasteiger partial charge in [0.15, 0.2) is 12.4 Å². The number of halogens is 2. The summed E-state index contributed by atoms with van der Waals surface area (Å²) in [4.78, 5) is 53.6. The molecule has 0 radical (unpaired) electrons. The maximum Gasteiger partial charge on any atom is 0.330 e. The van der Waals surface area contributed by atoms with Gasteiger partial charge >= 0.3 is 5.97 Å². The molecule has 0 aromatic heterocycles. The molecule has 1 aliphatic heterocycles. The number of ether oxygens (including phenoxy) is 1. The average molecular weight is 569 g/mol. The van der Waals surface area contributed by atoms with Gasteiger partial charge in [-0.1, -0.05) is 57.8 Å². The summed E-state index contributed by atoms with van der Waals surface area (Å²) in [6.07, 6.45) is 0.827. The third-order valence-corrected chi connectivity index (χ3v) is 10.6. The minimum absolute atomic E-state index is 0.0750. The highest BCUT2D eigenvalue weighted by Gasteiger charge is 2.67. The standard InChI is InChI=1S/C24H27Br2NO5/c1-10(2)21(24(31)32-9-16(28)13-6-5-11(3)12(4)7-13)27-22(29)17-14-8-15(18(17)23(27)30)20(26)19(14)25/h5-7,10,14-15,17-21H,8-9H2,1-4H3/t14-,15-,17-,18+,19-,20+,21+/m1/s1. The number of likely N-dealkylation sites (tertiary alicyclic amines) is 1. The lowest BCUT2D eigenvalue weighted by atomic mass is 9.81. The van der Waals surface area contributed by atoms with Crippen LogP contribution in [-0.2, 0) is 19.1 Å². The molecule has 32 heavy (non-hydrogen) atoms. The molecule has 6 nitrogen and oxygen atoms in total. The fourth-order valence-corrected chi connectivity index (χ4v) is 7.42. The Morgan fingerprint density at radius 1 is 1.03 bits per heavy atom. The van der Waals surface area contributed by atoms with Gasteiger partial charge in [0.05, 0.1) is 11.8 Å². The Labute approximate surface area is 204 Å². The molecule has 2 amide bonds. The van der Waals surface area contributed by atoms with Crippen LogP contribution in [0.25, 0.3) is 0 Å². The number of fused-ring (bicyclic) bond motifs is 5. The van der Waals surface area contributed by atoms with Crippen LogP contribution >= 0.6 is 31.9 Å². The smallest absolute Gasteiger partial charge is 0.330 e. The molecule has 0 spiro atoms. The van der Waals surface area contributed by atoms with Crippen LogP contribution < -0.4 is 0 Å². The van der Waals surface area contributed by atoms with Crippen molar-refractivity contribution in [1.29, 1.82) is 0 Å². The van der Waals surface area contributed by atoms with E-state index in [0.29, 0.717) is 5.56 Å². The lowest BCUT2D eigenvalue weighted by Gasteiger charge is -2.28. The maximum absolute atomic E-state index is 13.3. The van der Waals surface area contributed by atoms with Crippen LogP contribution in [0.4, 0.5) is 0 Å². The Balaban J connectivity index is 1.49. The number of benzene rings is 1. The first-order valence-electron chi connectivity index (χ1n) is 11.0. The number of amides is 2. The average Bonchev–Trinajstić information content (AvgIpc) is 3.34. The van der Waals surface area contributed by atoms with E-state index in [1.807, 2.05) is 19.9 Å². The van der Waals surface area contributed by atoms with Crippen LogP contribution in [0.1, 0.15) is 41.8 Å². The van der Waals surface area contributed by atoms with Gasteiger partial charge in [-0.25, -0.2) is 4.79 Å². The summed E-state index contributed by atoms with van der Waals surface area (Å²) in [5.41, 5.74) is 2.51. The molecule has 3 aliphatic rings. The molecule has 3 fully saturated rings. The van der Waals surface area contributed by atoms with Crippen LogP contribution in [0.2, 0.25) is 0 Å². The number of hydrogen-bond acceptors (Lipinski definition) is 5. The molecule has 4 rings (SSSR count). The predicted molar refractivity (Wildman–Crippen MR) is 126 cm³/mol. The minimum Gasteiger partial charge on any atom is -0.456 e. The molecular weight excluding hydrogens is 542 g/mol. The molecule has 1 aromatic carbocycles. The number of rotatable bonds is 6. The zero-order valence-corrected chi connectivity index (χ0v) is 21.7. The number of nitrogens with zero attached hydrogens (tertiary/aromatic N) is 1. The van der Waals surface area contributed by atoms with Crippen molar-refractivity contribution in [3.8, 4) is 0 Å². The van der Waals surface area contributed by atoms with Gasteiger partial charge in [-0.3, -0.25) is 19.3 Å². The SMILES string of the molecule is Cc1ccc(C(=O)COC(=O)[C@H](C(C)C)N2C(=O)[C@@H]3[C@H]4C[C@@H]([C@H](Br)[C@@H]4Br)[C@@H]3C2=O)cc1C. The van der Waals surface area contributed by atoms with Crippen LogP contribution in [-0.4, -0.2) is 50.8 Å². The number of carbonyl (C=O) groups is 4. The molecule has 0 N–H and O–H groups in total. The first kappa shape index (κ1) is 23.6. The summed E-state index contributed by atoms with van der Waals surface area (Å²) in [6, 6.07) is 4.29. The van der Waals surface area contributed by atoms with Gasteiger partial charge in [0, 0.05) is 15.2 Å². The number of esters is 1. The van der Waals surface area contributed by atoms with Crippen molar-refractivity contribution in [2.75, 3.05) is 6.61 Å². The summed E-state index contributed by atoms with van der Waals surface area (Å²) >= 11 is 7.35. The topological polar surface area (TPSA) is 80.8 Å². The van der Waals surface area contributed by atoms with Crippen LogP contribution in [0.5, 0.6) is 0 Å². The molecule has 2 aliphatic carbocycles. The normalized spacial score (nSPS) is 31.9. The molecule has 1 heterocycles. The first-order valence-corrected chi connectivity index (χ1v) is 12.8. The highest BCUT2D eigenvalue weighted by Crippen LogP contribution is 2.60. The first-order chi connectivity index (χ1) is 15.0. The molecule has 8 heteroatoms. The Bertz CT molecular complexity index is 961. The van der Waals surface area contributed by atoms with Crippen molar-refractivity contribution >= 4 is 55.4 Å². The van der Waals surface area contributed by atoms with E-state index in [1.54, 1.807) is 26.0 Å². The van der Waals surface area contributed by atoms with E-state index in [2.05, 4.69) is 31.9 Å². The van der Waals surface area contributed by atoms with Crippen molar-refractivity contribution < 1.29 is 23.9 Å². The number of ketones is 1. The Hall–Kier alpha value is -1.54. The Morgan fingerprint density at radius 3 is 2.09 bits per heavy atom. The van der Waals surface area contributed by atoms with Gasteiger partial charge in [-0.15, -0.1) is 0 Å². The summed E-state index contributed by atoms with van der Waals surface area (Å²) in [5.74, 6) is -2.56. The Morgan fingerprint density at radius 2 is 1.59 bits per heavy atom. The van der Waals surface area contributed by atoms with Crippen molar-refractivity contribution in [2.45, 2.75) is 49.8 Å². The van der Waals surface area contributed by atoms with Crippen LogP contribution in [0.3, 0.4) is 0 Å². The van der Waals surface area contributed by atoms with Gasteiger partial charge < -0.3 is 4.74 Å². The van der Waals surface area contributed by atoms with E-state index in [9.17, 15) is 19.2 Å². The highest BCUT2D eigenvalue weighted by molar-refractivity contribution is 9.12. The zero-order chi connectivity index (χ0) is 23.5. The lowest BCUT2D eigenvalue weighted by molar-refractivity contribution is -0.160. The van der Waals surface area contributed by atoms with Crippen molar-refractivity contribution in [3.05, 3.63) is 34.9 Å². The molecule has 1 saturated heterocycles. The third kappa shape index (κ3) is 3.67. The molecule has 2 bridgehead atoms. The molecule has 172 valence electrons. The number of Topliss-reactive ketones (excluding diaryl/α,β-unsaturated/α-hetero) is 1. The second kappa shape index (κ2) is 8.67. The maximum atomic E-state index is 13.3. The molecule has 0 unspecified atom stereocenters. The van der Waals surface area contributed by atoms with E-state index in [4.69, 9.17) is 4.74 Å². The monoisotopic (exact) mass is 567 g/mol. The highest BCUT2D eigenvalue weighted by atomic mass is 79.9. The largest absolute Gasteiger partial charge is 0.456 e. The fourth-order valence-electron chi connectivity index (χ4n) is 5.54. The van der Waals surface area contributed by atoms with Crippen LogP contribution in [0, 0.1) is 43.4 Å². The predicted octanol–water partition coefficient (Wildman–Crippen LogP) is 3.83. The molecule has 2 saturated carbocycles. The van der Waals surface area contributed by atoms with Gasteiger partial charge in [0.1, 0.15) is 6.04 Å². The van der Waals surface area contributed by atoms with E-state index in [-0.39, 0.29) is 45.0 Å². The quantitative estimate of drug-likeness (QED) is 0.225. The van der Waals surface area contributed by atoms with E-state index >= 15 is 0 Å². The number of alkyl halides is 2. The Kier molecular flexibility index (Phi) is 6.40. The number of hydrogen-bond donors (Lipinski definition) is 0. The minimum atomic E-state index is -1.03. The molecule has 1 aromatic rings. The summed E-state index contributed by atoms with van der Waals surface area (Å²) in [6.45, 7) is 7.00. The molecule has 7 atom stereocenters. The van der Waals surface area contributed by atoms with E-state index in [0.717, 1.165) is 22.4 Å². The van der Waals surface area contributed by atoms with Gasteiger partial charge in [-0.2, -0.15) is 0 Å². The van der Waals surface area contributed by atoms with Gasteiger partial charge in [0.2, 0.25) is 11.8 Å². The second-order valence-corrected chi connectivity index (χ2v) is 11.7. The second-order valence-electron chi connectivity index (χ2n) is 9.57. The molecular formula is C24H27Br2NO5. The summed E-state index contributed by atoms with van der Waals surface area (Å²) in [5, 5.41) is 0. The van der Waals surface area contributed by atoms with Crippen molar-refractivity contribution in [3.63, 3.8) is 0 Å². The van der Waals surface area contributed by atoms with E-state index < -0.39 is 30.5 Å². The lowest BCUT2D eigenvalue weighted by Crippen LogP contribution is -2.50. The number of imide groups is 1. The van der Waals surface area contributed by atoms with Crippen molar-refractivity contribution in [2.24, 2.45) is 29.6 Å². The van der Waals surface area contributed by atoms with E-state index in [1.165, 1.54) is 0 Å².